The molecule has 0 unspecified atom stereocenters. The van der Waals surface area contributed by atoms with E-state index in [4.69, 9.17) is 11.6 Å². The third-order valence-corrected chi connectivity index (χ3v) is 3.96. The van der Waals surface area contributed by atoms with E-state index in [1.807, 2.05) is 25.1 Å². The van der Waals surface area contributed by atoms with Crippen molar-refractivity contribution < 1.29 is 9.59 Å². The predicted octanol–water partition coefficient (Wildman–Crippen LogP) is 4.55. The molecule has 0 atom stereocenters. The van der Waals surface area contributed by atoms with Crippen LogP contribution in [-0.2, 0) is 0 Å². The van der Waals surface area contributed by atoms with Gasteiger partial charge in [0.25, 0.3) is 11.8 Å². The molecule has 6 heteroatoms. The number of nitrogens with one attached hydrogen (secondary N) is 2. The molecule has 0 aliphatic rings. The number of rotatable bonds is 4. The van der Waals surface area contributed by atoms with E-state index >= 15 is 0 Å². The zero-order valence-electron chi connectivity index (χ0n) is 14.0. The Balaban J connectivity index is 1.77. The molecule has 0 saturated carbocycles. The molecular formula is C20H16ClN3O2. The van der Waals surface area contributed by atoms with E-state index in [1.54, 1.807) is 42.5 Å². The molecule has 0 aliphatic carbocycles. The first kappa shape index (κ1) is 17.6. The SMILES string of the molecule is Cc1cccc(C(=O)Nc2cnc(Cl)c(NC(=O)c3ccccc3)c2)c1. The minimum atomic E-state index is -0.309. The molecule has 26 heavy (non-hydrogen) atoms. The summed E-state index contributed by atoms with van der Waals surface area (Å²) in [5.74, 6) is -0.574. The second-order valence-electron chi connectivity index (χ2n) is 5.71. The molecule has 2 amide bonds. The lowest BCUT2D eigenvalue weighted by molar-refractivity contribution is 0.101. The standard InChI is InChI=1S/C20H16ClN3O2/c1-13-6-5-9-15(10-13)20(26)23-16-11-17(18(21)22-12-16)24-19(25)14-7-3-2-4-8-14/h2-12H,1H3,(H,23,26)(H,24,25). The first-order chi connectivity index (χ1) is 12.5. The van der Waals surface area contributed by atoms with Crippen LogP contribution in [0.4, 0.5) is 11.4 Å². The van der Waals surface area contributed by atoms with Crippen LogP contribution in [0, 0.1) is 6.92 Å². The molecule has 1 aromatic heterocycles. The van der Waals surface area contributed by atoms with Crippen molar-refractivity contribution in [3.8, 4) is 0 Å². The highest BCUT2D eigenvalue weighted by Gasteiger charge is 2.12. The fraction of sp³-hybridized carbons (Fsp3) is 0.0500. The number of pyridine rings is 1. The van der Waals surface area contributed by atoms with Crippen molar-refractivity contribution in [3.05, 3.63) is 88.7 Å². The van der Waals surface area contributed by atoms with Gasteiger partial charge in [-0.1, -0.05) is 47.5 Å². The Kier molecular flexibility index (Phi) is 5.29. The van der Waals surface area contributed by atoms with E-state index < -0.39 is 0 Å². The maximum Gasteiger partial charge on any atom is 0.255 e. The number of amides is 2. The van der Waals surface area contributed by atoms with Gasteiger partial charge in [0.05, 0.1) is 17.6 Å². The van der Waals surface area contributed by atoms with Gasteiger partial charge in [0, 0.05) is 11.1 Å². The average molecular weight is 366 g/mol. The van der Waals surface area contributed by atoms with E-state index in [0.717, 1.165) is 5.56 Å². The zero-order valence-corrected chi connectivity index (χ0v) is 14.7. The minimum Gasteiger partial charge on any atom is -0.321 e. The van der Waals surface area contributed by atoms with Crippen LogP contribution in [-0.4, -0.2) is 16.8 Å². The van der Waals surface area contributed by atoms with Gasteiger partial charge in [-0.2, -0.15) is 0 Å². The van der Waals surface area contributed by atoms with Crippen molar-refractivity contribution in [1.29, 1.82) is 0 Å². The lowest BCUT2D eigenvalue weighted by atomic mass is 10.1. The topological polar surface area (TPSA) is 71.1 Å². The molecule has 0 radical (unpaired) electrons. The largest absolute Gasteiger partial charge is 0.321 e. The van der Waals surface area contributed by atoms with Gasteiger partial charge in [0.2, 0.25) is 0 Å². The molecule has 0 aliphatic heterocycles. The van der Waals surface area contributed by atoms with E-state index in [-0.39, 0.29) is 17.0 Å². The maximum atomic E-state index is 12.3. The zero-order chi connectivity index (χ0) is 18.5. The van der Waals surface area contributed by atoms with Gasteiger partial charge in [-0.15, -0.1) is 0 Å². The van der Waals surface area contributed by atoms with Gasteiger partial charge < -0.3 is 10.6 Å². The molecule has 2 N–H and O–H groups in total. The molecule has 0 saturated heterocycles. The molecular weight excluding hydrogens is 350 g/mol. The van der Waals surface area contributed by atoms with Gasteiger partial charge in [-0.05, 0) is 37.3 Å². The Hall–Kier alpha value is -3.18. The number of nitrogens with zero attached hydrogens (tertiary/aromatic N) is 1. The van der Waals surface area contributed by atoms with Crippen LogP contribution in [0.3, 0.4) is 0 Å². The molecule has 3 rings (SSSR count). The van der Waals surface area contributed by atoms with Crippen molar-refractivity contribution in [3.63, 3.8) is 0 Å². The Morgan fingerprint density at radius 3 is 2.31 bits per heavy atom. The smallest absolute Gasteiger partial charge is 0.255 e. The van der Waals surface area contributed by atoms with Crippen LogP contribution < -0.4 is 10.6 Å². The Bertz CT molecular complexity index is 958. The van der Waals surface area contributed by atoms with Crippen molar-refractivity contribution in [2.45, 2.75) is 6.92 Å². The van der Waals surface area contributed by atoms with E-state index in [0.29, 0.717) is 22.5 Å². The van der Waals surface area contributed by atoms with Crippen LogP contribution in [0.1, 0.15) is 26.3 Å². The summed E-state index contributed by atoms with van der Waals surface area (Å²) in [6.07, 6.45) is 1.44. The molecule has 0 fully saturated rings. The highest BCUT2D eigenvalue weighted by Crippen LogP contribution is 2.24. The molecule has 130 valence electrons. The highest BCUT2D eigenvalue weighted by molar-refractivity contribution is 6.32. The number of hydrogen-bond acceptors (Lipinski definition) is 3. The lowest BCUT2D eigenvalue weighted by Gasteiger charge is -2.10. The van der Waals surface area contributed by atoms with Gasteiger partial charge in [-0.25, -0.2) is 4.98 Å². The molecule has 2 aromatic carbocycles. The molecule has 0 spiro atoms. The summed E-state index contributed by atoms with van der Waals surface area (Å²) in [5.41, 5.74) is 2.78. The second-order valence-corrected chi connectivity index (χ2v) is 6.06. The van der Waals surface area contributed by atoms with Crippen molar-refractivity contribution >= 4 is 34.8 Å². The minimum absolute atomic E-state index is 0.142. The quantitative estimate of drug-likeness (QED) is 0.666. The van der Waals surface area contributed by atoms with Crippen molar-refractivity contribution in [1.82, 2.24) is 4.98 Å². The number of benzene rings is 2. The Morgan fingerprint density at radius 1 is 0.885 bits per heavy atom. The lowest BCUT2D eigenvalue weighted by Crippen LogP contribution is -2.15. The van der Waals surface area contributed by atoms with Gasteiger partial charge in [-0.3, -0.25) is 9.59 Å². The first-order valence-corrected chi connectivity index (χ1v) is 8.31. The summed E-state index contributed by atoms with van der Waals surface area (Å²) in [7, 11) is 0. The van der Waals surface area contributed by atoms with Crippen molar-refractivity contribution in [2.75, 3.05) is 10.6 Å². The van der Waals surface area contributed by atoms with Crippen LogP contribution in [0.15, 0.2) is 66.9 Å². The Labute approximate surface area is 156 Å². The molecule has 5 nitrogen and oxygen atoms in total. The number of aromatic nitrogens is 1. The Morgan fingerprint density at radius 2 is 1.58 bits per heavy atom. The monoisotopic (exact) mass is 365 g/mol. The molecule has 0 bridgehead atoms. The average Bonchev–Trinajstić information content (AvgIpc) is 2.65. The summed E-state index contributed by atoms with van der Waals surface area (Å²) >= 11 is 6.06. The number of carbonyl (C=O) groups is 2. The molecule has 1 heterocycles. The number of aryl methyl sites for hydroxylation is 1. The van der Waals surface area contributed by atoms with Crippen molar-refractivity contribution in [2.24, 2.45) is 0 Å². The van der Waals surface area contributed by atoms with Gasteiger partial charge in [0.1, 0.15) is 0 Å². The predicted molar refractivity (Wildman–Crippen MR) is 103 cm³/mol. The van der Waals surface area contributed by atoms with Gasteiger partial charge in [0.15, 0.2) is 5.15 Å². The summed E-state index contributed by atoms with van der Waals surface area (Å²) < 4.78 is 0. The number of hydrogen-bond donors (Lipinski definition) is 2. The fourth-order valence-electron chi connectivity index (χ4n) is 2.38. The molecule has 3 aromatic rings. The third-order valence-electron chi connectivity index (χ3n) is 3.66. The second kappa shape index (κ2) is 7.80. The highest BCUT2D eigenvalue weighted by atomic mass is 35.5. The van der Waals surface area contributed by atoms with Crippen LogP contribution >= 0.6 is 11.6 Å². The fourth-order valence-corrected chi connectivity index (χ4v) is 2.53. The van der Waals surface area contributed by atoms with Crippen LogP contribution in [0.2, 0.25) is 5.15 Å². The normalized spacial score (nSPS) is 10.2. The third kappa shape index (κ3) is 4.26. The number of carbonyl (C=O) groups excluding carboxylic acids is 2. The summed E-state index contributed by atoms with van der Waals surface area (Å²) in [6, 6.07) is 17.6. The number of anilines is 2. The maximum absolute atomic E-state index is 12.3. The summed E-state index contributed by atoms with van der Waals surface area (Å²) in [4.78, 5) is 28.6. The van der Waals surface area contributed by atoms with E-state index in [1.165, 1.54) is 6.20 Å². The van der Waals surface area contributed by atoms with Crippen LogP contribution in [0.25, 0.3) is 0 Å². The van der Waals surface area contributed by atoms with Crippen LogP contribution in [0.5, 0.6) is 0 Å². The summed E-state index contributed by atoms with van der Waals surface area (Å²) in [5, 5.41) is 5.60. The first-order valence-electron chi connectivity index (χ1n) is 7.93. The van der Waals surface area contributed by atoms with E-state index in [2.05, 4.69) is 15.6 Å². The van der Waals surface area contributed by atoms with Gasteiger partial charge >= 0.3 is 0 Å². The number of halogens is 1. The van der Waals surface area contributed by atoms with E-state index in [9.17, 15) is 9.59 Å². The summed E-state index contributed by atoms with van der Waals surface area (Å²) in [6.45, 7) is 1.91.